The quantitative estimate of drug-likeness (QED) is 0.578. The molecule has 1 unspecified atom stereocenters. The van der Waals surface area contributed by atoms with Crippen molar-refractivity contribution >= 4 is 30.4 Å². The van der Waals surface area contributed by atoms with Crippen molar-refractivity contribution in [2.24, 2.45) is 0 Å². The molecule has 0 radical (unpaired) electrons. The van der Waals surface area contributed by atoms with Crippen LogP contribution in [0.4, 0.5) is 0 Å². The number of hydroxylamine groups is 2. The molecule has 6 heteroatoms. The summed E-state index contributed by atoms with van der Waals surface area (Å²) in [5, 5.41) is 20.7. The third-order valence-electron chi connectivity index (χ3n) is 0.959. The van der Waals surface area contributed by atoms with E-state index in [4.69, 9.17) is 5.11 Å². The number of nitrogens with zero attached hydrogens (tertiary/aromatic N) is 1. The van der Waals surface area contributed by atoms with Crippen LogP contribution in [0.2, 0.25) is 0 Å². The van der Waals surface area contributed by atoms with E-state index in [1.165, 1.54) is 5.41 Å². The van der Waals surface area contributed by atoms with Crippen LogP contribution in [0.5, 0.6) is 0 Å². The van der Waals surface area contributed by atoms with Crippen LogP contribution < -0.4 is 0 Å². The lowest BCUT2D eigenvalue weighted by molar-refractivity contribution is -0.133. The number of carboxylic acids is 1. The molecule has 0 bridgehead atoms. The van der Waals surface area contributed by atoms with Crippen LogP contribution in [0, 0.1) is 5.21 Å². The van der Waals surface area contributed by atoms with Gasteiger partial charge in [0.15, 0.2) is 0 Å². The van der Waals surface area contributed by atoms with Gasteiger partial charge in [-0.05, 0) is 0 Å². The molecule has 10 heavy (non-hydrogen) atoms. The van der Waals surface area contributed by atoms with E-state index in [0.29, 0.717) is 5.06 Å². The summed E-state index contributed by atoms with van der Waals surface area (Å²) in [5.74, 6) is -1.21. The number of thioether (sulfide) groups is 1. The summed E-state index contributed by atoms with van der Waals surface area (Å²) in [7, 11) is 0. The van der Waals surface area contributed by atoms with E-state index in [2.05, 4.69) is 12.6 Å². The summed E-state index contributed by atoms with van der Waals surface area (Å²) < 4.78 is -0.605. The maximum absolute atomic E-state index is 10.7. The van der Waals surface area contributed by atoms with Gasteiger partial charge in [-0.2, -0.15) is 0 Å². The third-order valence-corrected chi connectivity index (χ3v) is 2.33. The smallest absolute Gasteiger partial charge is 0.351 e. The van der Waals surface area contributed by atoms with E-state index in [-0.39, 0.29) is 5.70 Å². The Morgan fingerprint density at radius 1 is 2.00 bits per heavy atom. The van der Waals surface area contributed by atoms with Crippen molar-refractivity contribution in [1.29, 1.82) is 0 Å². The molecule has 0 aromatic rings. The molecular weight excluding hydrogens is 174 g/mol. The normalized spacial score (nSPS) is 24.8. The first kappa shape index (κ1) is 7.77. The van der Waals surface area contributed by atoms with Crippen molar-refractivity contribution in [3.63, 3.8) is 0 Å². The van der Waals surface area contributed by atoms with Gasteiger partial charge in [-0.15, -0.1) is 12.6 Å². The molecule has 0 aliphatic carbocycles. The second-order valence-corrected chi connectivity index (χ2v) is 3.39. The predicted molar refractivity (Wildman–Crippen MR) is 41.3 cm³/mol. The number of aliphatic carboxylic acids is 1. The molecule has 0 fully saturated rings. The highest BCUT2D eigenvalue weighted by atomic mass is 32.2. The Hall–Kier alpha value is -0.330. The standard InChI is InChI=1S/C4H4NO3S2/c6-3(7)2-1-10-4(9)5(2)8/h1,4,9H,(H,6,7)/q-1. The highest BCUT2D eigenvalue weighted by molar-refractivity contribution is 8.12. The van der Waals surface area contributed by atoms with Gasteiger partial charge in [-0.25, -0.2) is 4.79 Å². The molecule has 0 saturated carbocycles. The highest BCUT2D eigenvalue weighted by Gasteiger charge is 2.20. The Kier molecular flexibility index (Phi) is 2.12. The Labute approximate surface area is 66.9 Å². The lowest BCUT2D eigenvalue weighted by Crippen LogP contribution is -2.21. The molecule has 1 atom stereocenters. The number of hydrogen-bond donors (Lipinski definition) is 2. The summed E-state index contributed by atoms with van der Waals surface area (Å²) in [6.07, 6.45) is 0. The Balaban J connectivity index is 2.72. The minimum Gasteiger partial charge on any atom is -0.757 e. The topological polar surface area (TPSA) is 63.6 Å². The first-order valence-corrected chi connectivity index (χ1v) is 3.82. The predicted octanol–water partition coefficient (Wildman–Crippen LogP) is 0.672. The number of thiol groups is 1. The summed E-state index contributed by atoms with van der Waals surface area (Å²) >= 11 is 4.88. The first-order valence-electron chi connectivity index (χ1n) is 2.36. The van der Waals surface area contributed by atoms with Crippen molar-refractivity contribution in [1.82, 2.24) is 5.06 Å². The van der Waals surface area contributed by atoms with Crippen LogP contribution in [0.15, 0.2) is 11.1 Å². The fourth-order valence-corrected chi connectivity index (χ4v) is 1.48. The number of carbonyl (C=O) groups is 1. The molecule has 0 spiro atoms. The number of carboxylic acid groups (broad SMARTS) is 1. The van der Waals surface area contributed by atoms with Gasteiger partial charge in [-0.1, -0.05) is 11.8 Å². The van der Waals surface area contributed by atoms with Gasteiger partial charge in [-0.3, -0.25) is 0 Å². The van der Waals surface area contributed by atoms with Crippen molar-refractivity contribution in [3.05, 3.63) is 16.3 Å². The van der Waals surface area contributed by atoms with Gasteiger partial charge in [0.25, 0.3) is 0 Å². The van der Waals surface area contributed by atoms with Crippen molar-refractivity contribution in [2.45, 2.75) is 4.71 Å². The van der Waals surface area contributed by atoms with E-state index in [0.717, 1.165) is 11.8 Å². The number of hydrogen-bond acceptors (Lipinski definition) is 5. The molecule has 0 amide bonds. The molecule has 0 saturated heterocycles. The third kappa shape index (κ3) is 1.23. The molecule has 1 N–H and O–H groups in total. The molecule has 1 heterocycles. The fourth-order valence-electron chi connectivity index (χ4n) is 0.496. The fraction of sp³-hybridized carbons (Fsp3) is 0.250. The van der Waals surface area contributed by atoms with E-state index < -0.39 is 10.7 Å². The maximum atomic E-state index is 10.7. The zero-order chi connectivity index (χ0) is 7.72. The van der Waals surface area contributed by atoms with Gasteiger partial charge >= 0.3 is 5.97 Å². The SMILES string of the molecule is O=C(O)C1=CSC(S)N1[O-]. The molecular formula is C4H4NO3S2-. The molecule has 4 nitrogen and oxygen atoms in total. The second-order valence-electron chi connectivity index (χ2n) is 1.60. The van der Waals surface area contributed by atoms with Gasteiger partial charge in [0, 0.05) is 5.41 Å². The van der Waals surface area contributed by atoms with Crippen LogP contribution in [-0.2, 0) is 4.79 Å². The zero-order valence-corrected chi connectivity index (χ0v) is 6.43. The van der Waals surface area contributed by atoms with Gasteiger partial charge < -0.3 is 15.4 Å². The molecule has 56 valence electrons. The second kappa shape index (κ2) is 2.73. The maximum Gasteiger partial charge on any atom is 0.351 e. The monoisotopic (exact) mass is 178 g/mol. The Morgan fingerprint density at radius 3 is 2.80 bits per heavy atom. The average Bonchev–Trinajstić information content (AvgIpc) is 2.14. The molecule has 1 aliphatic heterocycles. The van der Waals surface area contributed by atoms with E-state index in [1.807, 2.05) is 0 Å². The van der Waals surface area contributed by atoms with Crippen LogP contribution >= 0.6 is 24.4 Å². The molecule has 1 aliphatic rings. The average molecular weight is 178 g/mol. The van der Waals surface area contributed by atoms with Crippen LogP contribution in [-0.4, -0.2) is 20.8 Å². The van der Waals surface area contributed by atoms with Crippen molar-refractivity contribution in [2.75, 3.05) is 0 Å². The molecule has 1 rings (SSSR count). The summed E-state index contributed by atoms with van der Waals surface area (Å²) in [5.41, 5.74) is -0.245. The van der Waals surface area contributed by atoms with Gasteiger partial charge in [0.2, 0.25) is 0 Å². The van der Waals surface area contributed by atoms with Gasteiger partial charge in [0.05, 0.1) is 0 Å². The minimum absolute atomic E-state index is 0.245. The summed E-state index contributed by atoms with van der Waals surface area (Å²) in [6, 6.07) is 0. The van der Waals surface area contributed by atoms with E-state index in [9.17, 15) is 10.0 Å². The van der Waals surface area contributed by atoms with Crippen LogP contribution in [0.1, 0.15) is 0 Å². The number of rotatable bonds is 1. The largest absolute Gasteiger partial charge is 0.757 e. The van der Waals surface area contributed by atoms with Crippen LogP contribution in [0.25, 0.3) is 0 Å². The van der Waals surface area contributed by atoms with Crippen molar-refractivity contribution < 1.29 is 9.90 Å². The Morgan fingerprint density at radius 2 is 2.60 bits per heavy atom. The summed E-state index contributed by atoms with van der Waals surface area (Å²) in [6.45, 7) is 0. The van der Waals surface area contributed by atoms with Gasteiger partial charge in [0.1, 0.15) is 10.4 Å². The lowest BCUT2D eigenvalue weighted by atomic mass is 10.5. The van der Waals surface area contributed by atoms with E-state index >= 15 is 0 Å². The zero-order valence-electron chi connectivity index (χ0n) is 4.72. The first-order chi connectivity index (χ1) is 4.63. The molecule has 0 aromatic carbocycles. The minimum atomic E-state index is -1.21. The molecule has 0 aromatic heterocycles. The summed E-state index contributed by atoms with van der Waals surface area (Å²) in [4.78, 5) is 10.2. The van der Waals surface area contributed by atoms with Crippen LogP contribution in [0.3, 0.4) is 0 Å². The van der Waals surface area contributed by atoms with E-state index in [1.54, 1.807) is 0 Å². The van der Waals surface area contributed by atoms with Crippen molar-refractivity contribution in [3.8, 4) is 0 Å². The Bertz CT molecular complexity index is 193. The lowest BCUT2D eigenvalue weighted by Gasteiger charge is -2.29. The highest BCUT2D eigenvalue weighted by Crippen LogP contribution is 2.31.